The van der Waals surface area contributed by atoms with Gasteiger partial charge in [0, 0.05) is 37.5 Å². The fraction of sp³-hybridized carbons (Fsp3) is 0.891. The van der Waals surface area contributed by atoms with Gasteiger partial charge >= 0.3 is 11.9 Å². The molecule has 4 aliphatic carbocycles. The zero-order valence-electron chi connectivity index (χ0n) is 35.8. The van der Waals surface area contributed by atoms with Crippen molar-refractivity contribution in [1.29, 1.82) is 0 Å². The molecule has 3 unspecified atom stereocenters. The number of amides is 1. The number of hydrogen-bond acceptors (Lipinski definition) is 6. The third kappa shape index (κ3) is 8.65. The molecule has 1 amide bonds. The van der Waals surface area contributed by atoms with E-state index in [0.29, 0.717) is 36.6 Å². The Balaban J connectivity index is 1.30. The molecule has 8 nitrogen and oxygen atoms in total. The smallest absolute Gasteiger partial charge is 0.306 e. The van der Waals surface area contributed by atoms with Crippen LogP contribution >= 0.6 is 0 Å². The van der Waals surface area contributed by atoms with Gasteiger partial charge in [0.1, 0.15) is 6.10 Å². The predicted molar refractivity (Wildman–Crippen MR) is 216 cm³/mol. The summed E-state index contributed by atoms with van der Waals surface area (Å²) in [5.74, 6) is 1.18. The number of allylic oxidation sites excluding steroid dienone is 1. The number of nitrogens with one attached hydrogen (secondary N) is 1. The Hall–Kier alpha value is -1.93. The van der Waals surface area contributed by atoms with Crippen LogP contribution in [-0.4, -0.2) is 71.3 Å². The van der Waals surface area contributed by atoms with E-state index in [-0.39, 0.29) is 70.5 Å². The third-order valence-electron chi connectivity index (χ3n) is 17.3. The van der Waals surface area contributed by atoms with E-state index in [1.54, 1.807) is 0 Å². The van der Waals surface area contributed by atoms with Crippen molar-refractivity contribution in [3.8, 4) is 0 Å². The van der Waals surface area contributed by atoms with Crippen molar-refractivity contribution in [3.63, 3.8) is 0 Å². The first kappa shape index (κ1) is 43.2. The Morgan fingerprint density at radius 2 is 1.57 bits per heavy atom. The minimum Gasteiger partial charge on any atom is -0.481 e. The molecule has 1 heterocycles. The fourth-order valence-electron chi connectivity index (χ4n) is 13.7. The molecule has 1 saturated heterocycles. The largest absolute Gasteiger partial charge is 0.481 e. The molecule has 0 spiro atoms. The lowest BCUT2D eigenvalue weighted by Crippen LogP contribution is -2.64. The van der Waals surface area contributed by atoms with Gasteiger partial charge in [-0.05, 0) is 141 Å². The number of aliphatic hydroxyl groups excluding tert-OH is 1. The van der Waals surface area contributed by atoms with Crippen molar-refractivity contribution in [2.75, 3.05) is 26.2 Å². The van der Waals surface area contributed by atoms with Crippen molar-refractivity contribution < 1.29 is 29.3 Å². The number of piperidine rings is 1. The van der Waals surface area contributed by atoms with Crippen LogP contribution in [0.1, 0.15) is 165 Å². The number of carbonyl (C=O) groups is 3. The summed E-state index contributed by atoms with van der Waals surface area (Å²) >= 11 is 0. The summed E-state index contributed by atoms with van der Waals surface area (Å²) in [7, 11) is 0. The highest BCUT2D eigenvalue weighted by molar-refractivity contribution is 5.77. The summed E-state index contributed by atoms with van der Waals surface area (Å²) in [6, 6.07) is 0.223. The van der Waals surface area contributed by atoms with Crippen LogP contribution in [0.25, 0.3) is 0 Å². The molecule has 0 aromatic heterocycles. The van der Waals surface area contributed by atoms with Gasteiger partial charge in [0.2, 0.25) is 5.91 Å². The molecule has 0 bridgehead atoms. The first-order valence-electron chi connectivity index (χ1n) is 21.8. The molecule has 0 aromatic carbocycles. The first-order valence-corrected chi connectivity index (χ1v) is 21.8. The van der Waals surface area contributed by atoms with Crippen molar-refractivity contribution in [2.45, 2.75) is 177 Å². The lowest BCUT2D eigenvalue weighted by Gasteiger charge is -2.70. The molecule has 0 radical (unpaired) electrons. The van der Waals surface area contributed by atoms with Crippen LogP contribution in [-0.2, 0) is 19.1 Å². The zero-order chi connectivity index (χ0) is 39.9. The highest BCUT2D eigenvalue weighted by atomic mass is 16.5. The second-order valence-electron chi connectivity index (χ2n) is 21.6. The number of nitrogens with zero attached hydrogens (tertiary/aromatic N) is 1. The number of aliphatic carboxylic acids is 1. The van der Waals surface area contributed by atoms with Gasteiger partial charge in [0.25, 0.3) is 0 Å². The zero-order valence-corrected chi connectivity index (χ0v) is 35.8. The second-order valence-corrected chi connectivity index (χ2v) is 21.6. The lowest BCUT2D eigenvalue weighted by atomic mass is 9.35. The highest BCUT2D eigenvalue weighted by Gasteiger charge is 2.66. The Labute approximate surface area is 328 Å². The molecule has 5 rings (SSSR count). The van der Waals surface area contributed by atoms with Gasteiger partial charge in [-0.15, -0.1) is 0 Å². The van der Waals surface area contributed by atoms with E-state index >= 15 is 0 Å². The Bertz CT molecular complexity index is 1380. The molecule has 4 saturated carbocycles. The molecule has 5 fully saturated rings. The summed E-state index contributed by atoms with van der Waals surface area (Å²) in [6.07, 6.45) is 14.6. The van der Waals surface area contributed by atoms with Gasteiger partial charge in [0.15, 0.2) is 0 Å². The number of likely N-dealkylation sites (tertiary alicyclic amines) is 1. The number of carboxylic acid groups (broad SMARTS) is 1. The maximum atomic E-state index is 13.9. The van der Waals surface area contributed by atoms with Gasteiger partial charge in [0.05, 0.1) is 19.4 Å². The Kier molecular flexibility index (Phi) is 12.9. The quantitative estimate of drug-likeness (QED) is 0.120. The maximum absolute atomic E-state index is 13.9. The van der Waals surface area contributed by atoms with Gasteiger partial charge in [-0.2, -0.15) is 0 Å². The molecule has 1 aliphatic heterocycles. The number of hydrogen-bond donors (Lipinski definition) is 3. The van der Waals surface area contributed by atoms with Gasteiger partial charge in [-0.3, -0.25) is 14.4 Å². The highest BCUT2D eigenvalue weighted by Crippen LogP contribution is 2.73. The van der Waals surface area contributed by atoms with Crippen LogP contribution in [0.3, 0.4) is 0 Å². The number of carbonyl (C=O) groups excluding carboxylic acids is 2. The van der Waals surface area contributed by atoms with Crippen molar-refractivity contribution >= 4 is 17.8 Å². The fourth-order valence-corrected chi connectivity index (χ4v) is 13.7. The number of aliphatic hydroxyl groups is 1. The summed E-state index contributed by atoms with van der Waals surface area (Å²) in [4.78, 5) is 40.8. The molecule has 9 atom stereocenters. The lowest BCUT2D eigenvalue weighted by molar-refractivity contribution is -0.231. The number of β-amino-alcohol motifs (C(OH)–C–C–N with tert-alkyl or cyclic N) is 1. The molecule has 54 heavy (non-hydrogen) atoms. The number of rotatable bonds is 14. The predicted octanol–water partition coefficient (Wildman–Crippen LogP) is 9.19. The molecule has 0 aromatic rings. The minimum atomic E-state index is -0.886. The molecular formula is C46H78N2O6. The Morgan fingerprint density at radius 3 is 2.19 bits per heavy atom. The summed E-state index contributed by atoms with van der Waals surface area (Å²) in [5.41, 5.74) is 0.919. The van der Waals surface area contributed by atoms with Gasteiger partial charge in [-0.25, -0.2) is 0 Å². The average molecular weight is 755 g/mol. The maximum Gasteiger partial charge on any atom is 0.306 e. The molecule has 5 aliphatic rings. The number of ether oxygens (including phenoxy) is 1. The minimum absolute atomic E-state index is 0.00138. The van der Waals surface area contributed by atoms with E-state index in [4.69, 9.17) is 4.74 Å². The van der Waals surface area contributed by atoms with Crippen molar-refractivity contribution in [1.82, 2.24) is 10.2 Å². The summed E-state index contributed by atoms with van der Waals surface area (Å²) < 4.78 is 6.28. The van der Waals surface area contributed by atoms with E-state index in [1.165, 1.54) is 24.8 Å². The molecule has 308 valence electrons. The normalized spacial score (nSPS) is 38.6. The number of fused-ring (bicyclic) bond motifs is 3. The monoisotopic (exact) mass is 755 g/mol. The topological polar surface area (TPSA) is 116 Å². The molecular weight excluding hydrogens is 677 g/mol. The van der Waals surface area contributed by atoms with E-state index in [1.807, 2.05) is 13.8 Å². The average Bonchev–Trinajstić information content (AvgIpc) is 3.48. The van der Waals surface area contributed by atoms with Crippen LogP contribution in [0.2, 0.25) is 0 Å². The molecule has 8 heteroatoms. The van der Waals surface area contributed by atoms with Crippen LogP contribution in [0.5, 0.6) is 0 Å². The van der Waals surface area contributed by atoms with Crippen molar-refractivity contribution in [2.24, 2.45) is 56.2 Å². The SMILES string of the molecule is C=C(C)[C@@H]1CC[C@@](CC[C@]2(C)[C@@H](C)CCC3[C@@]4(C)CCC(OC(=O)CC(C)(C)CC(=O)O)C(C)(C)C4CC[C@]32C)(CC(=O)NC2CCN(CCO)CC2)C1. The van der Waals surface area contributed by atoms with Crippen LogP contribution in [0.4, 0.5) is 0 Å². The van der Waals surface area contributed by atoms with Gasteiger partial charge < -0.3 is 25.2 Å². The van der Waals surface area contributed by atoms with Crippen LogP contribution in [0.15, 0.2) is 12.2 Å². The Morgan fingerprint density at radius 1 is 0.889 bits per heavy atom. The summed E-state index contributed by atoms with van der Waals surface area (Å²) in [6.45, 7) is 28.0. The van der Waals surface area contributed by atoms with Crippen LogP contribution < -0.4 is 5.32 Å². The van der Waals surface area contributed by atoms with E-state index in [0.717, 1.165) is 77.3 Å². The van der Waals surface area contributed by atoms with Gasteiger partial charge in [-0.1, -0.05) is 67.5 Å². The second kappa shape index (κ2) is 16.1. The van der Waals surface area contributed by atoms with E-state index in [2.05, 4.69) is 65.3 Å². The first-order chi connectivity index (χ1) is 25.1. The summed E-state index contributed by atoms with van der Waals surface area (Å²) in [5, 5.41) is 22.2. The van der Waals surface area contributed by atoms with E-state index in [9.17, 15) is 24.6 Å². The number of esters is 1. The van der Waals surface area contributed by atoms with Crippen LogP contribution in [0, 0.1) is 56.2 Å². The number of carboxylic acids is 1. The molecule has 3 N–H and O–H groups in total. The van der Waals surface area contributed by atoms with E-state index < -0.39 is 11.4 Å². The van der Waals surface area contributed by atoms with Crippen molar-refractivity contribution in [3.05, 3.63) is 12.2 Å². The standard InChI is InChI=1S/C46H78N2O6/c1-31(2)33-13-20-46(27-33,28-38(50)47-34-16-23-48(24-17-34)25-26-49)22-21-44(9)32(3)11-12-36-43(8)18-15-37(42(6,7)35(43)14-19-45(36,44)10)54-40(53)30-41(4,5)29-39(51)52/h32-37,49H,1,11-30H2,2-10H3,(H,47,50)(H,51,52)/t32-,33+,35?,36?,37?,43-,44+,45+,46-/m0/s1. The third-order valence-corrected chi connectivity index (χ3v) is 17.3.